The van der Waals surface area contributed by atoms with Crippen molar-refractivity contribution in [1.82, 2.24) is 5.32 Å². The highest BCUT2D eigenvalue weighted by Gasteiger charge is 2.55. The van der Waals surface area contributed by atoms with Gasteiger partial charge < -0.3 is 20.3 Å². The zero-order valence-corrected chi connectivity index (χ0v) is 13.9. The number of carboxylic acids is 1. The smallest absolute Gasteiger partial charge is 0.306 e. The molecular formula is C19H17NO6. The van der Waals surface area contributed by atoms with Crippen molar-refractivity contribution in [2.75, 3.05) is 7.11 Å². The van der Waals surface area contributed by atoms with E-state index in [1.165, 1.54) is 7.11 Å². The predicted molar refractivity (Wildman–Crippen MR) is 91.9 cm³/mol. The van der Waals surface area contributed by atoms with Crippen molar-refractivity contribution in [3.05, 3.63) is 53.6 Å². The van der Waals surface area contributed by atoms with Gasteiger partial charge in [-0.25, -0.2) is 0 Å². The van der Waals surface area contributed by atoms with E-state index >= 15 is 0 Å². The molecule has 0 spiro atoms. The number of hydrogen-bond acceptors (Lipinski definition) is 5. The van der Waals surface area contributed by atoms with Crippen LogP contribution in [0.1, 0.15) is 28.4 Å². The molecule has 2 aromatic carbocycles. The first-order valence-corrected chi connectivity index (χ1v) is 7.88. The summed E-state index contributed by atoms with van der Waals surface area (Å²) in [6.07, 6.45) is -1.97. The molecule has 0 heterocycles. The predicted octanol–water partition coefficient (Wildman–Crippen LogP) is 1.55. The first kappa shape index (κ1) is 17.6. The van der Waals surface area contributed by atoms with E-state index in [2.05, 4.69) is 5.32 Å². The van der Waals surface area contributed by atoms with Gasteiger partial charge in [0.15, 0.2) is 5.78 Å². The Hall–Kier alpha value is -3.19. The largest absolute Gasteiger partial charge is 0.496 e. The normalized spacial score (nSPS) is 21.2. The number of benzene rings is 2. The van der Waals surface area contributed by atoms with Crippen LogP contribution in [0.4, 0.5) is 0 Å². The maximum atomic E-state index is 13.2. The molecule has 0 aliphatic heterocycles. The molecule has 2 aromatic rings. The summed E-state index contributed by atoms with van der Waals surface area (Å²) in [5.41, 5.74) is -0.351. The molecule has 1 aliphatic rings. The Morgan fingerprint density at radius 2 is 1.92 bits per heavy atom. The number of carbonyl (C=O) groups is 3. The Bertz CT molecular complexity index is 893. The van der Waals surface area contributed by atoms with Gasteiger partial charge >= 0.3 is 5.97 Å². The van der Waals surface area contributed by atoms with Crippen molar-refractivity contribution >= 4 is 18.2 Å². The molecule has 0 saturated heterocycles. The van der Waals surface area contributed by atoms with Gasteiger partial charge in [0.2, 0.25) is 6.41 Å². The third-order valence-corrected chi connectivity index (χ3v) is 4.63. The summed E-state index contributed by atoms with van der Waals surface area (Å²) in [5, 5.41) is 22.2. The number of fused-ring (bicyclic) bond motifs is 1. The van der Waals surface area contributed by atoms with Gasteiger partial charge in [-0.3, -0.25) is 14.4 Å². The standard InChI is InChI=1S/C19H17NO6/c1-26-14-8-3-2-5-11(14)12-6-4-7-13-16(12)18(25)19(17(13)24,20-10-21)9-15(22)23/h2-8,10,17,24H,9H2,1H3,(H,20,21)(H,22,23). The van der Waals surface area contributed by atoms with Gasteiger partial charge in [-0.2, -0.15) is 0 Å². The summed E-state index contributed by atoms with van der Waals surface area (Å²) in [6, 6.07) is 12.0. The van der Waals surface area contributed by atoms with E-state index in [0.29, 0.717) is 16.9 Å². The Balaban J connectivity index is 2.23. The molecule has 3 rings (SSSR count). The highest BCUT2D eigenvalue weighted by atomic mass is 16.5. The summed E-state index contributed by atoms with van der Waals surface area (Å²) in [4.78, 5) is 35.5. The van der Waals surface area contributed by atoms with Crippen LogP contribution < -0.4 is 10.1 Å². The van der Waals surface area contributed by atoms with Crippen LogP contribution in [0.2, 0.25) is 0 Å². The monoisotopic (exact) mass is 355 g/mol. The number of aliphatic hydroxyl groups excluding tert-OH is 1. The fraction of sp³-hybridized carbons (Fsp3) is 0.211. The number of amides is 1. The van der Waals surface area contributed by atoms with Crippen LogP contribution in [0.15, 0.2) is 42.5 Å². The molecule has 2 atom stereocenters. The lowest BCUT2D eigenvalue weighted by atomic mass is 9.87. The van der Waals surface area contributed by atoms with Crippen molar-refractivity contribution in [1.29, 1.82) is 0 Å². The molecule has 2 unspecified atom stereocenters. The third kappa shape index (κ3) is 2.53. The summed E-state index contributed by atoms with van der Waals surface area (Å²) >= 11 is 0. The van der Waals surface area contributed by atoms with E-state index in [1.54, 1.807) is 42.5 Å². The maximum absolute atomic E-state index is 13.2. The van der Waals surface area contributed by atoms with Crippen molar-refractivity contribution < 1.29 is 29.3 Å². The van der Waals surface area contributed by atoms with Crippen LogP contribution >= 0.6 is 0 Å². The van der Waals surface area contributed by atoms with Crippen LogP contribution in [-0.2, 0) is 9.59 Å². The number of ether oxygens (including phenoxy) is 1. The topological polar surface area (TPSA) is 113 Å². The van der Waals surface area contributed by atoms with E-state index in [-0.39, 0.29) is 17.5 Å². The number of para-hydroxylation sites is 1. The first-order valence-electron chi connectivity index (χ1n) is 7.88. The number of hydrogen-bond donors (Lipinski definition) is 3. The zero-order chi connectivity index (χ0) is 18.9. The number of rotatable bonds is 6. The Kier molecular flexibility index (Phi) is 4.48. The van der Waals surface area contributed by atoms with Gasteiger partial charge in [0.1, 0.15) is 17.4 Å². The minimum Gasteiger partial charge on any atom is -0.496 e. The van der Waals surface area contributed by atoms with Crippen LogP contribution in [-0.4, -0.2) is 41.0 Å². The van der Waals surface area contributed by atoms with E-state index in [1.807, 2.05) is 0 Å². The molecule has 0 fully saturated rings. The number of carbonyl (C=O) groups excluding carboxylic acids is 2. The molecule has 1 aliphatic carbocycles. The first-order chi connectivity index (χ1) is 12.5. The zero-order valence-electron chi connectivity index (χ0n) is 13.9. The average Bonchev–Trinajstić information content (AvgIpc) is 2.84. The summed E-state index contributed by atoms with van der Waals surface area (Å²) < 4.78 is 5.35. The van der Waals surface area contributed by atoms with Crippen molar-refractivity contribution in [2.45, 2.75) is 18.1 Å². The van der Waals surface area contributed by atoms with Gasteiger partial charge in [0.25, 0.3) is 0 Å². The van der Waals surface area contributed by atoms with Crippen LogP contribution in [0.5, 0.6) is 5.75 Å². The summed E-state index contributed by atoms with van der Waals surface area (Å²) in [7, 11) is 1.50. The fourth-order valence-electron chi connectivity index (χ4n) is 3.47. The SMILES string of the molecule is COc1ccccc1-c1cccc2c1C(=O)C(CC(=O)O)(NC=O)C2O. The quantitative estimate of drug-likeness (QED) is 0.678. The molecule has 134 valence electrons. The van der Waals surface area contributed by atoms with Crippen molar-refractivity contribution in [3.63, 3.8) is 0 Å². The number of ketones is 1. The Morgan fingerprint density at radius 1 is 1.23 bits per heavy atom. The lowest BCUT2D eigenvalue weighted by Gasteiger charge is -2.28. The fourth-order valence-corrected chi connectivity index (χ4v) is 3.47. The number of aliphatic carboxylic acids is 1. The lowest BCUT2D eigenvalue weighted by Crippen LogP contribution is -2.53. The van der Waals surface area contributed by atoms with Gasteiger partial charge in [0.05, 0.1) is 13.5 Å². The minimum absolute atomic E-state index is 0.181. The van der Waals surface area contributed by atoms with Gasteiger partial charge in [0, 0.05) is 11.1 Å². The molecule has 0 radical (unpaired) electrons. The second-order valence-corrected chi connectivity index (χ2v) is 6.01. The van der Waals surface area contributed by atoms with Gasteiger partial charge in [-0.1, -0.05) is 36.4 Å². The number of carboxylic acid groups (broad SMARTS) is 1. The number of nitrogens with one attached hydrogen (secondary N) is 1. The average molecular weight is 355 g/mol. The van der Waals surface area contributed by atoms with E-state index in [9.17, 15) is 24.6 Å². The van der Waals surface area contributed by atoms with Crippen molar-refractivity contribution in [3.8, 4) is 16.9 Å². The van der Waals surface area contributed by atoms with E-state index in [4.69, 9.17) is 4.74 Å². The van der Waals surface area contributed by atoms with E-state index < -0.39 is 29.8 Å². The molecule has 7 heteroatoms. The molecule has 1 amide bonds. The third-order valence-electron chi connectivity index (χ3n) is 4.63. The number of aliphatic hydroxyl groups is 1. The number of methoxy groups -OCH3 is 1. The second-order valence-electron chi connectivity index (χ2n) is 6.01. The summed E-state index contributed by atoms with van der Waals surface area (Å²) in [5.74, 6) is -1.42. The lowest BCUT2D eigenvalue weighted by molar-refractivity contribution is -0.139. The highest BCUT2D eigenvalue weighted by molar-refractivity contribution is 6.15. The molecule has 3 N–H and O–H groups in total. The van der Waals surface area contributed by atoms with Crippen LogP contribution in [0, 0.1) is 0 Å². The second kappa shape index (κ2) is 6.61. The Labute approximate surface area is 149 Å². The summed E-state index contributed by atoms with van der Waals surface area (Å²) in [6.45, 7) is 0. The van der Waals surface area contributed by atoms with Gasteiger partial charge in [-0.05, 0) is 17.2 Å². The van der Waals surface area contributed by atoms with Crippen LogP contribution in [0.3, 0.4) is 0 Å². The number of Topliss-reactive ketones (excluding diaryl/α,β-unsaturated/α-hetero) is 1. The van der Waals surface area contributed by atoms with Crippen LogP contribution in [0.25, 0.3) is 11.1 Å². The van der Waals surface area contributed by atoms with E-state index in [0.717, 1.165) is 0 Å². The molecule has 26 heavy (non-hydrogen) atoms. The highest BCUT2D eigenvalue weighted by Crippen LogP contribution is 2.46. The molecular weight excluding hydrogens is 338 g/mol. The maximum Gasteiger partial charge on any atom is 0.306 e. The van der Waals surface area contributed by atoms with Gasteiger partial charge in [-0.15, -0.1) is 0 Å². The minimum atomic E-state index is -1.94. The molecule has 0 saturated carbocycles. The molecule has 0 aromatic heterocycles. The molecule has 7 nitrogen and oxygen atoms in total. The molecule has 0 bridgehead atoms. The Morgan fingerprint density at radius 3 is 2.58 bits per heavy atom. The van der Waals surface area contributed by atoms with Crippen molar-refractivity contribution in [2.24, 2.45) is 0 Å².